The van der Waals surface area contributed by atoms with Gasteiger partial charge in [0.1, 0.15) is 11.7 Å². The molecule has 3 N–H and O–H groups in total. The van der Waals surface area contributed by atoms with Gasteiger partial charge >= 0.3 is 0 Å². The van der Waals surface area contributed by atoms with E-state index in [4.69, 9.17) is 10.9 Å². The zero-order valence-corrected chi connectivity index (χ0v) is 12.1. The summed E-state index contributed by atoms with van der Waals surface area (Å²) in [5.74, 6) is 0.122. The fourth-order valence-electron chi connectivity index (χ4n) is 2.43. The number of hydrogen-bond acceptors (Lipinski definition) is 3. The molecule has 1 saturated heterocycles. The van der Waals surface area contributed by atoms with Gasteiger partial charge in [0.05, 0.1) is 0 Å². The van der Waals surface area contributed by atoms with Crippen molar-refractivity contribution in [1.29, 1.82) is 0 Å². The Balaban J connectivity index is 2.04. The number of nitrogens with two attached hydrogens (primary N) is 1. The number of oxime groups is 1. The molecule has 0 aromatic heterocycles. The molecule has 0 amide bonds. The smallest absolute Gasteiger partial charge is 0.143 e. The zero-order valence-electron chi connectivity index (χ0n) is 10.5. The molecule has 1 heterocycles. The van der Waals surface area contributed by atoms with Crippen molar-refractivity contribution in [2.24, 2.45) is 16.8 Å². The van der Waals surface area contributed by atoms with Crippen LogP contribution in [0.3, 0.4) is 0 Å². The average Bonchev–Trinajstić information content (AvgIpc) is 2.42. The molecular formula is C13H17BrFN3O. The van der Waals surface area contributed by atoms with Crippen molar-refractivity contribution in [3.8, 4) is 0 Å². The third-order valence-electron chi connectivity index (χ3n) is 3.44. The molecule has 1 aliphatic heterocycles. The van der Waals surface area contributed by atoms with Gasteiger partial charge < -0.3 is 10.9 Å². The predicted molar refractivity (Wildman–Crippen MR) is 75.5 cm³/mol. The Morgan fingerprint density at radius 2 is 2.37 bits per heavy atom. The molecule has 0 aliphatic carbocycles. The van der Waals surface area contributed by atoms with Crippen LogP contribution >= 0.6 is 15.9 Å². The zero-order chi connectivity index (χ0) is 13.8. The van der Waals surface area contributed by atoms with Crippen LogP contribution in [0.5, 0.6) is 0 Å². The molecular weight excluding hydrogens is 313 g/mol. The Kier molecular flexibility index (Phi) is 4.76. The lowest BCUT2D eigenvalue weighted by atomic mass is 9.96. The number of amidine groups is 1. The van der Waals surface area contributed by atoms with Gasteiger partial charge in [0.25, 0.3) is 0 Å². The van der Waals surface area contributed by atoms with Gasteiger partial charge in [-0.15, -0.1) is 0 Å². The van der Waals surface area contributed by atoms with E-state index in [9.17, 15) is 4.39 Å². The van der Waals surface area contributed by atoms with E-state index in [1.165, 1.54) is 12.1 Å². The quantitative estimate of drug-likeness (QED) is 0.387. The molecule has 0 saturated carbocycles. The maximum atomic E-state index is 13.2. The molecule has 0 radical (unpaired) electrons. The van der Waals surface area contributed by atoms with E-state index < -0.39 is 0 Å². The number of likely N-dealkylation sites (tertiary alicyclic amines) is 1. The summed E-state index contributed by atoms with van der Waals surface area (Å²) in [7, 11) is 0. The molecule has 1 unspecified atom stereocenters. The first kappa shape index (κ1) is 14.3. The number of hydrogen-bond donors (Lipinski definition) is 2. The van der Waals surface area contributed by atoms with Crippen molar-refractivity contribution in [2.75, 3.05) is 13.1 Å². The van der Waals surface area contributed by atoms with Crippen LogP contribution in [0.4, 0.5) is 4.39 Å². The molecule has 1 aromatic carbocycles. The Morgan fingerprint density at radius 3 is 3.11 bits per heavy atom. The van der Waals surface area contributed by atoms with E-state index >= 15 is 0 Å². The minimum atomic E-state index is -0.233. The Bertz CT molecular complexity index is 481. The molecule has 2 rings (SSSR count). The monoisotopic (exact) mass is 329 g/mol. The largest absolute Gasteiger partial charge is 0.409 e. The summed E-state index contributed by atoms with van der Waals surface area (Å²) in [6.07, 6.45) is 1.92. The molecule has 0 bridgehead atoms. The van der Waals surface area contributed by atoms with Crippen LogP contribution in [0, 0.1) is 11.7 Å². The van der Waals surface area contributed by atoms with Crippen molar-refractivity contribution in [1.82, 2.24) is 4.90 Å². The van der Waals surface area contributed by atoms with Crippen molar-refractivity contribution in [3.63, 3.8) is 0 Å². The minimum Gasteiger partial charge on any atom is -0.409 e. The van der Waals surface area contributed by atoms with Crippen LogP contribution in [0.25, 0.3) is 0 Å². The van der Waals surface area contributed by atoms with Crippen LogP contribution in [-0.2, 0) is 6.54 Å². The second kappa shape index (κ2) is 6.34. The van der Waals surface area contributed by atoms with E-state index in [1.54, 1.807) is 6.07 Å². The number of benzene rings is 1. The summed E-state index contributed by atoms with van der Waals surface area (Å²) in [5.41, 5.74) is 6.58. The lowest BCUT2D eigenvalue weighted by Gasteiger charge is -2.32. The van der Waals surface area contributed by atoms with E-state index in [2.05, 4.69) is 26.0 Å². The Hall–Kier alpha value is -1.14. The lowest BCUT2D eigenvalue weighted by Crippen LogP contribution is -2.40. The maximum absolute atomic E-state index is 13.2. The SMILES string of the molecule is NC(=NO)C1CCCN(Cc2cc(F)ccc2Br)C1. The van der Waals surface area contributed by atoms with E-state index in [-0.39, 0.29) is 17.6 Å². The molecule has 1 fully saturated rings. The third-order valence-corrected chi connectivity index (χ3v) is 4.21. The van der Waals surface area contributed by atoms with Gasteiger partial charge in [0, 0.05) is 23.5 Å². The van der Waals surface area contributed by atoms with Gasteiger partial charge in [0.15, 0.2) is 0 Å². The highest BCUT2D eigenvalue weighted by atomic mass is 79.9. The summed E-state index contributed by atoms with van der Waals surface area (Å²) in [5, 5.41) is 11.8. The molecule has 1 aliphatic rings. The van der Waals surface area contributed by atoms with Crippen molar-refractivity contribution in [3.05, 3.63) is 34.1 Å². The Labute approximate surface area is 120 Å². The normalized spacial score (nSPS) is 21.6. The summed E-state index contributed by atoms with van der Waals surface area (Å²) in [4.78, 5) is 2.20. The van der Waals surface area contributed by atoms with Crippen LogP contribution < -0.4 is 5.73 Å². The number of halogens is 2. The van der Waals surface area contributed by atoms with Gasteiger partial charge in [-0.25, -0.2) is 4.39 Å². The molecule has 4 nitrogen and oxygen atoms in total. The number of nitrogens with zero attached hydrogens (tertiary/aromatic N) is 2. The lowest BCUT2D eigenvalue weighted by molar-refractivity contribution is 0.192. The van der Waals surface area contributed by atoms with Crippen LogP contribution in [0.15, 0.2) is 27.8 Å². The molecule has 1 atom stereocenters. The average molecular weight is 330 g/mol. The van der Waals surface area contributed by atoms with Crippen LogP contribution in [-0.4, -0.2) is 29.0 Å². The fourth-order valence-corrected chi connectivity index (χ4v) is 2.80. The van der Waals surface area contributed by atoms with Gasteiger partial charge in [-0.2, -0.15) is 0 Å². The van der Waals surface area contributed by atoms with Gasteiger partial charge in [0.2, 0.25) is 0 Å². The first-order valence-electron chi connectivity index (χ1n) is 6.24. The third kappa shape index (κ3) is 3.67. The van der Waals surface area contributed by atoms with E-state index in [0.29, 0.717) is 6.54 Å². The van der Waals surface area contributed by atoms with Crippen LogP contribution in [0.1, 0.15) is 18.4 Å². The van der Waals surface area contributed by atoms with Crippen molar-refractivity contribution >= 4 is 21.8 Å². The topological polar surface area (TPSA) is 61.9 Å². The fraction of sp³-hybridized carbons (Fsp3) is 0.462. The van der Waals surface area contributed by atoms with Crippen molar-refractivity contribution < 1.29 is 9.60 Å². The molecule has 6 heteroatoms. The summed E-state index contributed by atoms with van der Waals surface area (Å²) in [6.45, 7) is 2.34. The summed E-state index contributed by atoms with van der Waals surface area (Å²) < 4.78 is 14.2. The minimum absolute atomic E-state index is 0.0751. The van der Waals surface area contributed by atoms with Crippen molar-refractivity contribution in [2.45, 2.75) is 19.4 Å². The summed E-state index contributed by atoms with van der Waals surface area (Å²) >= 11 is 3.43. The van der Waals surface area contributed by atoms with Gasteiger partial charge in [-0.3, -0.25) is 4.90 Å². The molecule has 1 aromatic rings. The second-order valence-corrected chi connectivity index (χ2v) is 5.69. The first-order chi connectivity index (χ1) is 9.10. The highest BCUT2D eigenvalue weighted by Crippen LogP contribution is 2.23. The summed E-state index contributed by atoms with van der Waals surface area (Å²) in [6, 6.07) is 4.69. The second-order valence-electron chi connectivity index (χ2n) is 4.83. The Morgan fingerprint density at radius 1 is 1.58 bits per heavy atom. The number of piperidine rings is 1. The molecule has 19 heavy (non-hydrogen) atoms. The highest BCUT2D eigenvalue weighted by molar-refractivity contribution is 9.10. The van der Waals surface area contributed by atoms with E-state index in [1.807, 2.05) is 0 Å². The maximum Gasteiger partial charge on any atom is 0.143 e. The standard InChI is InChI=1S/C13H17BrFN3O/c14-12-4-3-11(15)6-10(12)8-18-5-1-2-9(7-18)13(16)17-19/h3-4,6,9,19H,1-2,5,7-8H2,(H2,16,17). The van der Waals surface area contributed by atoms with Gasteiger partial charge in [-0.1, -0.05) is 21.1 Å². The molecule has 0 spiro atoms. The first-order valence-corrected chi connectivity index (χ1v) is 7.03. The number of rotatable bonds is 3. The van der Waals surface area contributed by atoms with Crippen LogP contribution in [0.2, 0.25) is 0 Å². The highest BCUT2D eigenvalue weighted by Gasteiger charge is 2.23. The molecule has 104 valence electrons. The van der Waals surface area contributed by atoms with Gasteiger partial charge in [-0.05, 0) is 43.1 Å². The predicted octanol–water partition coefficient (Wildman–Crippen LogP) is 2.55. The van der Waals surface area contributed by atoms with E-state index in [0.717, 1.165) is 36.0 Å².